The van der Waals surface area contributed by atoms with Gasteiger partial charge >= 0.3 is 5.69 Å². The first kappa shape index (κ1) is 13.5. The van der Waals surface area contributed by atoms with E-state index in [1.807, 2.05) is 4.90 Å². The lowest BCUT2D eigenvalue weighted by atomic mass is 9.99. The smallest absolute Gasteiger partial charge is 0.329 e. The highest BCUT2D eigenvalue weighted by Gasteiger charge is 2.32. The molecule has 20 heavy (non-hydrogen) atoms. The minimum Gasteiger partial charge on any atom is -0.348 e. The molecule has 108 valence electrons. The van der Waals surface area contributed by atoms with Gasteiger partial charge in [-0.25, -0.2) is 4.98 Å². The van der Waals surface area contributed by atoms with Crippen LogP contribution in [0.3, 0.4) is 0 Å². The van der Waals surface area contributed by atoms with Gasteiger partial charge in [0.25, 0.3) is 0 Å². The van der Waals surface area contributed by atoms with Crippen molar-refractivity contribution < 1.29 is 4.92 Å². The number of piperazine rings is 1. The minimum absolute atomic E-state index is 0.0525. The van der Waals surface area contributed by atoms with Gasteiger partial charge in [0.05, 0.1) is 4.92 Å². The summed E-state index contributed by atoms with van der Waals surface area (Å²) >= 11 is 5.80. The number of aromatic nitrogens is 2. The molecule has 0 saturated carbocycles. The second-order valence-electron chi connectivity index (χ2n) is 5.24. The normalized spacial score (nSPS) is 23.4. The van der Waals surface area contributed by atoms with Crippen molar-refractivity contribution in [1.82, 2.24) is 14.9 Å². The van der Waals surface area contributed by atoms with Gasteiger partial charge in [0.1, 0.15) is 6.20 Å². The first-order valence-electron chi connectivity index (χ1n) is 6.81. The maximum atomic E-state index is 11.1. The predicted octanol–water partition coefficient (Wildman–Crippen LogP) is 1.71. The van der Waals surface area contributed by atoms with Gasteiger partial charge in [-0.05, 0) is 31.0 Å². The molecule has 2 saturated heterocycles. The molecule has 0 amide bonds. The first-order valence-corrected chi connectivity index (χ1v) is 7.19. The molecule has 1 unspecified atom stereocenters. The van der Waals surface area contributed by atoms with Gasteiger partial charge in [0.2, 0.25) is 11.1 Å². The molecular weight excluding hydrogens is 282 g/mol. The average Bonchev–Trinajstić information content (AvgIpc) is 2.46. The number of anilines is 1. The van der Waals surface area contributed by atoms with Gasteiger partial charge in [-0.2, -0.15) is 4.98 Å². The summed E-state index contributed by atoms with van der Waals surface area (Å²) in [5.41, 5.74) is -0.0707. The summed E-state index contributed by atoms with van der Waals surface area (Å²) in [6.45, 7) is 3.56. The molecule has 0 N–H and O–H groups in total. The standard InChI is InChI=1S/C12H16ClN5O2/c13-12-14-7-10(18(19)20)11(15-12)17-6-5-16-4-2-1-3-9(16)8-17/h7,9H,1-6,8H2. The van der Waals surface area contributed by atoms with Crippen LogP contribution >= 0.6 is 11.6 Å². The molecule has 0 radical (unpaired) electrons. The second kappa shape index (κ2) is 5.49. The number of hydrogen-bond donors (Lipinski definition) is 0. The molecule has 3 heterocycles. The molecule has 7 nitrogen and oxygen atoms in total. The van der Waals surface area contributed by atoms with Gasteiger partial charge in [0, 0.05) is 25.7 Å². The molecule has 2 aliphatic heterocycles. The fourth-order valence-corrected chi connectivity index (χ4v) is 3.18. The summed E-state index contributed by atoms with van der Waals surface area (Å²) in [5.74, 6) is 0.347. The summed E-state index contributed by atoms with van der Waals surface area (Å²) < 4.78 is 0. The van der Waals surface area contributed by atoms with Gasteiger partial charge in [-0.15, -0.1) is 0 Å². The zero-order chi connectivity index (χ0) is 14.1. The van der Waals surface area contributed by atoms with E-state index < -0.39 is 4.92 Å². The number of piperidine rings is 1. The zero-order valence-electron chi connectivity index (χ0n) is 11.0. The Kier molecular flexibility index (Phi) is 3.71. The highest BCUT2D eigenvalue weighted by Crippen LogP contribution is 2.30. The van der Waals surface area contributed by atoms with Gasteiger partial charge in [-0.3, -0.25) is 15.0 Å². The van der Waals surface area contributed by atoms with Crippen molar-refractivity contribution in [3.8, 4) is 0 Å². The van der Waals surface area contributed by atoms with Crippen molar-refractivity contribution in [3.05, 3.63) is 21.6 Å². The van der Waals surface area contributed by atoms with Gasteiger partial charge in [0.15, 0.2) is 0 Å². The monoisotopic (exact) mass is 297 g/mol. The molecule has 3 rings (SSSR count). The fraction of sp³-hybridized carbons (Fsp3) is 0.667. The second-order valence-corrected chi connectivity index (χ2v) is 5.57. The Labute approximate surface area is 121 Å². The zero-order valence-corrected chi connectivity index (χ0v) is 11.8. The van der Waals surface area contributed by atoms with E-state index in [1.54, 1.807) is 0 Å². The van der Waals surface area contributed by atoms with E-state index in [2.05, 4.69) is 14.9 Å². The summed E-state index contributed by atoms with van der Waals surface area (Å²) in [5, 5.41) is 11.2. The molecule has 1 aromatic heterocycles. The predicted molar refractivity (Wildman–Crippen MR) is 75.1 cm³/mol. The van der Waals surface area contributed by atoms with Gasteiger partial charge < -0.3 is 4.90 Å². The Morgan fingerprint density at radius 3 is 3.00 bits per heavy atom. The highest BCUT2D eigenvalue weighted by atomic mass is 35.5. The molecule has 1 aromatic rings. The Morgan fingerprint density at radius 2 is 2.20 bits per heavy atom. The Balaban J connectivity index is 1.85. The van der Waals surface area contributed by atoms with Crippen LogP contribution in [0.15, 0.2) is 6.20 Å². The third-order valence-corrected chi connectivity index (χ3v) is 4.24. The van der Waals surface area contributed by atoms with Crippen molar-refractivity contribution in [2.75, 3.05) is 31.1 Å². The fourth-order valence-electron chi connectivity index (χ4n) is 3.06. The summed E-state index contributed by atoms with van der Waals surface area (Å²) in [4.78, 5) is 22.9. The summed E-state index contributed by atoms with van der Waals surface area (Å²) in [6.07, 6.45) is 4.80. The van der Waals surface area contributed by atoms with E-state index in [9.17, 15) is 10.1 Å². The average molecular weight is 298 g/mol. The van der Waals surface area contributed by atoms with Crippen LogP contribution in [-0.2, 0) is 0 Å². The Morgan fingerprint density at radius 1 is 1.35 bits per heavy atom. The van der Waals surface area contributed by atoms with Crippen molar-refractivity contribution in [2.24, 2.45) is 0 Å². The third kappa shape index (κ3) is 2.55. The lowest BCUT2D eigenvalue weighted by Gasteiger charge is -2.44. The van der Waals surface area contributed by atoms with E-state index >= 15 is 0 Å². The summed E-state index contributed by atoms with van der Waals surface area (Å²) in [7, 11) is 0. The lowest BCUT2D eigenvalue weighted by molar-refractivity contribution is -0.384. The Hall–Kier alpha value is -1.47. The number of rotatable bonds is 2. The van der Waals surface area contributed by atoms with E-state index in [1.165, 1.54) is 19.0 Å². The van der Waals surface area contributed by atoms with Crippen molar-refractivity contribution in [2.45, 2.75) is 25.3 Å². The van der Waals surface area contributed by atoms with Crippen molar-refractivity contribution in [1.29, 1.82) is 0 Å². The maximum absolute atomic E-state index is 11.1. The number of hydrogen-bond acceptors (Lipinski definition) is 6. The maximum Gasteiger partial charge on any atom is 0.329 e. The largest absolute Gasteiger partial charge is 0.348 e. The van der Waals surface area contributed by atoms with Crippen LogP contribution in [-0.4, -0.2) is 52.0 Å². The van der Waals surface area contributed by atoms with Crippen LogP contribution in [0, 0.1) is 10.1 Å². The quantitative estimate of drug-likeness (QED) is 0.470. The van der Waals surface area contributed by atoms with Crippen LogP contribution < -0.4 is 4.90 Å². The number of halogens is 1. The van der Waals surface area contributed by atoms with Crippen LogP contribution in [0.1, 0.15) is 19.3 Å². The number of nitrogens with zero attached hydrogens (tertiary/aromatic N) is 5. The Bertz CT molecular complexity index is 527. The number of nitro groups is 1. The molecule has 8 heteroatoms. The minimum atomic E-state index is -0.446. The van der Waals surface area contributed by atoms with Crippen LogP contribution in [0.25, 0.3) is 0 Å². The topological polar surface area (TPSA) is 75.4 Å². The van der Waals surface area contributed by atoms with Gasteiger partial charge in [-0.1, -0.05) is 6.42 Å². The highest BCUT2D eigenvalue weighted by molar-refractivity contribution is 6.28. The molecule has 2 fully saturated rings. The SMILES string of the molecule is O=[N+]([O-])c1cnc(Cl)nc1N1CCN2CCCCC2C1. The molecule has 0 aromatic carbocycles. The molecule has 0 spiro atoms. The molecule has 1 atom stereocenters. The first-order chi connectivity index (χ1) is 9.65. The molecular formula is C12H16ClN5O2. The molecule has 0 bridgehead atoms. The van der Waals surface area contributed by atoms with Crippen molar-refractivity contribution in [3.63, 3.8) is 0 Å². The van der Waals surface area contributed by atoms with E-state index in [0.29, 0.717) is 11.9 Å². The van der Waals surface area contributed by atoms with E-state index in [4.69, 9.17) is 11.6 Å². The van der Waals surface area contributed by atoms with E-state index in [-0.39, 0.29) is 11.0 Å². The molecule has 2 aliphatic rings. The summed E-state index contributed by atoms with van der Waals surface area (Å²) in [6, 6.07) is 0.464. The van der Waals surface area contributed by atoms with Crippen LogP contribution in [0.5, 0.6) is 0 Å². The van der Waals surface area contributed by atoms with Crippen LogP contribution in [0.2, 0.25) is 5.28 Å². The number of fused-ring (bicyclic) bond motifs is 1. The van der Waals surface area contributed by atoms with Crippen molar-refractivity contribution >= 4 is 23.1 Å². The van der Waals surface area contributed by atoms with E-state index in [0.717, 1.165) is 32.6 Å². The third-order valence-electron chi connectivity index (χ3n) is 4.05. The molecule has 0 aliphatic carbocycles. The lowest BCUT2D eigenvalue weighted by Crippen LogP contribution is -2.55. The van der Waals surface area contributed by atoms with Crippen LogP contribution in [0.4, 0.5) is 11.5 Å².